The first-order valence-corrected chi connectivity index (χ1v) is 5.47. The predicted octanol–water partition coefficient (Wildman–Crippen LogP) is 1.24. The number of hydrogen-bond donors (Lipinski definition) is 1. The fourth-order valence-electron chi connectivity index (χ4n) is 1.69. The van der Waals surface area contributed by atoms with Crippen LogP contribution in [0.5, 0.6) is 5.75 Å². The Labute approximate surface area is 104 Å². The van der Waals surface area contributed by atoms with Gasteiger partial charge in [-0.3, -0.25) is 4.68 Å². The summed E-state index contributed by atoms with van der Waals surface area (Å²) in [6.07, 6.45) is 1.28. The standard InChI is InChI=1S/C12H14FN3O2/c1-16-7-9(14-15-16)6-11(17)8-3-4-10(13)12(5-8)18-2/h3-5,7,11,17H,6H2,1-2H3. The second kappa shape index (κ2) is 5.14. The van der Waals surface area contributed by atoms with Crippen LogP contribution in [0.1, 0.15) is 17.4 Å². The molecule has 5 nitrogen and oxygen atoms in total. The molecule has 1 atom stereocenters. The van der Waals surface area contributed by atoms with Crippen LogP contribution in [0.25, 0.3) is 0 Å². The van der Waals surface area contributed by atoms with Crippen molar-refractivity contribution in [1.29, 1.82) is 0 Å². The molecule has 1 unspecified atom stereocenters. The number of hydrogen-bond acceptors (Lipinski definition) is 4. The summed E-state index contributed by atoms with van der Waals surface area (Å²) in [4.78, 5) is 0. The molecular formula is C12H14FN3O2. The fourth-order valence-corrected chi connectivity index (χ4v) is 1.69. The minimum Gasteiger partial charge on any atom is -0.494 e. The summed E-state index contributed by atoms with van der Waals surface area (Å²) in [5.74, 6) is -0.335. The molecule has 0 aliphatic carbocycles. The Balaban J connectivity index is 2.15. The van der Waals surface area contributed by atoms with Crippen molar-refractivity contribution in [2.24, 2.45) is 7.05 Å². The van der Waals surface area contributed by atoms with Gasteiger partial charge in [0.05, 0.1) is 18.9 Å². The molecule has 1 heterocycles. The SMILES string of the molecule is COc1cc(C(O)Cc2cn(C)nn2)ccc1F. The first-order valence-electron chi connectivity index (χ1n) is 5.47. The van der Waals surface area contributed by atoms with Crippen molar-refractivity contribution in [3.05, 3.63) is 41.5 Å². The maximum absolute atomic E-state index is 13.2. The Kier molecular flexibility index (Phi) is 3.57. The molecule has 0 radical (unpaired) electrons. The molecule has 0 aliphatic heterocycles. The molecule has 0 saturated carbocycles. The second-order valence-electron chi connectivity index (χ2n) is 4.00. The van der Waals surface area contributed by atoms with Crippen LogP contribution in [0, 0.1) is 5.82 Å². The molecule has 0 bridgehead atoms. The lowest BCUT2D eigenvalue weighted by Gasteiger charge is -2.11. The van der Waals surface area contributed by atoms with Gasteiger partial charge in [0, 0.05) is 19.7 Å². The van der Waals surface area contributed by atoms with Crippen LogP contribution in [-0.2, 0) is 13.5 Å². The Hall–Kier alpha value is -1.95. The first kappa shape index (κ1) is 12.5. The molecule has 0 saturated heterocycles. The maximum Gasteiger partial charge on any atom is 0.165 e. The predicted molar refractivity (Wildman–Crippen MR) is 62.6 cm³/mol. The van der Waals surface area contributed by atoms with Crippen LogP contribution in [0.2, 0.25) is 0 Å². The largest absolute Gasteiger partial charge is 0.494 e. The lowest BCUT2D eigenvalue weighted by atomic mass is 10.0. The Morgan fingerprint density at radius 3 is 2.89 bits per heavy atom. The lowest BCUT2D eigenvalue weighted by molar-refractivity contribution is 0.176. The van der Waals surface area contributed by atoms with Crippen molar-refractivity contribution in [2.75, 3.05) is 7.11 Å². The summed E-state index contributed by atoms with van der Waals surface area (Å²) in [6.45, 7) is 0. The normalized spacial score (nSPS) is 12.4. The molecule has 6 heteroatoms. The van der Waals surface area contributed by atoms with Crippen molar-refractivity contribution < 1.29 is 14.2 Å². The zero-order valence-corrected chi connectivity index (χ0v) is 10.2. The third-order valence-electron chi connectivity index (χ3n) is 2.61. The average Bonchev–Trinajstić information content (AvgIpc) is 2.75. The van der Waals surface area contributed by atoms with Crippen molar-refractivity contribution in [1.82, 2.24) is 15.0 Å². The minimum atomic E-state index is -0.767. The third kappa shape index (κ3) is 2.65. The van der Waals surface area contributed by atoms with Crippen LogP contribution in [0.15, 0.2) is 24.4 Å². The highest BCUT2D eigenvalue weighted by Crippen LogP contribution is 2.24. The van der Waals surface area contributed by atoms with Crippen LogP contribution in [0.4, 0.5) is 4.39 Å². The highest BCUT2D eigenvalue weighted by molar-refractivity contribution is 5.31. The molecule has 1 aromatic heterocycles. The van der Waals surface area contributed by atoms with E-state index in [1.807, 2.05) is 0 Å². The van der Waals surface area contributed by atoms with E-state index in [1.165, 1.54) is 25.3 Å². The molecule has 1 N–H and O–H groups in total. The summed E-state index contributed by atoms with van der Waals surface area (Å²) in [5, 5.41) is 17.7. The minimum absolute atomic E-state index is 0.116. The van der Waals surface area contributed by atoms with Gasteiger partial charge in [0.1, 0.15) is 0 Å². The number of aliphatic hydroxyl groups is 1. The molecule has 0 amide bonds. The number of ether oxygens (including phenoxy) is 1. The van der Waals surface area contributed by atoms with Crippen molar-refractivity contribution >= 4 is 0 Å². The van der Waals surface area contributed by atoms with Crippen molar-refractivity contribution in [3.63, 3.8) is 0 Å². The molecule has 96 valence electrons. The number of halogens is 1. The smallest absolute Gasteiger partial charge is 0.165 e. The molecular weight excluding hydrogens is 237 g/mol. The van der Waals surface area contributed by atoms with Gasteiger partial charge in [0.25, 0.3) is 0 Å². The van der Waals surface area contributed by atoms with Gasteiger partial charge >= 0.3 is 0 Å². The second-order valence-corrected chi connectivity index (χ2v) is 4.00. The van der Waals surface area contributed by atoms with Gasteiger partial charge in [0.15, 0.2) is 11.6 Å². The number of aromatic nitrogens is 3. The number of nitrogens with zero attached hydrogens (tertiary/aromatic N) is 3. The van der Waals surface area contributed by atoms with E-state index in [-0.39, 0.29) is 5.75 Å². The molecule has 0 fully saturated rings. The summed E-state index contributed by atoms with van der Waals surface area (Å²) in [5.41, 5.74) is 1.26. The van der Waals surface area contributed by atoms with E-state index >= 15 is 0 Å². The van der Waals surface area contributed by atoms with Gasteiger partial charge in [-0.2, -0.15) is 0 Å². The molecule has 1 aromatic carbocycles. The molecule has 0 aliphatic rings. The number of aryl methyl sites for hydroxylation is 1. The van der Waals surface area contributed by atoms with E-state index in [0.717, 1.165) is 0 Å². The summed E-state index contributed by atoms with van der Waals surface area (Å²) in [6, 6.07) is 4.28. The maximum atomic E-state index is 13.2. The average molecular weight is 251 g/mol. The Morgan fingerprint density at radius 1 is 1.50 bits per heavy atom. The highest BCUT2D eigenvalue weighted by Gasteiger charge is 2.13. The molecule has 18 heavy (non-hydrogen) atoms. The van der Waals surface area contributed by atoms with Crippen molar-refractivity contribution in [2.45, 2.75) is 12.5 Å². The van der Waals surface area contributed by atoms with Gasteiger partial charge in [-0.05, 0) is 17.7 Å². The summed E-state index contributed by atoms with van der Waals surface area (Å²) in [7, 11) is 3.14. The van der Waals surface area contributed by atoms with Gasteiger partial charge < -0.3 is 9.84 Å². The van der Waals surface area contributed by atoms with E-state index in [4.69, 9.17) is 4.74 Å². The summed E-state index contributed by atoms with van der Waals surface area (Å²) >= 11 is 0. The summed E-state index contributed by atoms with van der Waals surface area (Å²) < 4.78 is 19.7. The first-order chi connectivity index (χ1) is 8.60. The third-order valence-corrected chi connectivity index (χ3v) is 2.61. The number of methoxy groups -OCH3 is 1. The highest BCUT2D eigenvalue weighted by atomic mass is 19.1. The Bertz CT molecular complexity index is 542. The lowest BCUT2D eigenvalue weighted by Crippen LogP contribution is -2.03. The quantitative estimate of drug-likeness (QED) is 0.888. The zero-order valence-electron chi connectivity index (χ0n) is 10.2. The zero-order chi connectivity index (χ0) is 13.1. The fraction of sp³-hybridized carbons (Fsp3) is 0.333. The van der Waals surface area contributed by atoms with Gasteiger partial charge in [-0.15, -0.1) is 5.10 Å². The van der Waals surface area contributed by atoms with E-state index in [9.17, 15) is 9.50 Å². The van der Waals surface area contributed by atoms with E-state index in [0.29, 0.717) is 17.7 Å². The Morgan fingerprint density at radius 2 is 2.28 bits per heavy atom. The van der Waals surface area contributed by atoms with Crippen LogP contribution >= 0.6 is 0 Å². The molecule has 2 rings (SSSR count). The molecule has 2 aromatic rings. The van der Waals surface area contributed by atoms with Gasteiger partial charge in [-0.25, -0.2) is 4.39 Å². The monoisotopic (exact) mass is 251 g/mol. The van der Waals surface area contributed by atoms with Crippen LogP contribution in [-0.4, -0.2) is 27.2 Å². The van der Waals surface area contributed by atoms with Crippen LogP contribution in [0.3, 0.4) is 0 Å². The van der Waals surface area contributed by atoms with Gasteiger partial charge in [-0.1, -0.05) is 11.3 Å². The van der Waals surface area contributed by atoms with E-state index in [1.54, 1.807) is 17.9 Å². The number of benzene rings is 1. The topological polar surface area (TPSA) is 60.2 Å². The van der Waals surface area contributed by atoms with Crippen molar-refractivity contribution in [3.8, 4) is 5.75 Å². The van der Waals surface area contributed by atoms with E-state index < -0.39 is 11.9 Å². The van der Waals surface area contributed by atoms with Gasteiger partial charge in [0.2, 0.25) is 0 Å². The number of aliphatic hydroxyl groups excluding tert-OH is 1. The molecule has 0 spiro atoms. The number of rotatable bonds is 4. The van der Waals surface area contributed by atoms with E-state index in [2.05, 4.69) is 10.3 Å². The van der Waals surface area contributed by atoms with Crippen LogP contribution < -0.4 is 4.74 Å².